The Morgan fingerprint density at radius 1 is 0.688 bits per heavy atom. The summed E-state index contributed by atoms with van der Waals surface area (Å²) in [6.07, 6.45) is -0.583. The number of hydrogen-bond donors (Lipinski definition) is 1. The molecule has 0 spiro atoms. The smallest absolute Gasteiger partial charge is 0.119 e. The van der Waals surface area contributed by atoms with Crippen molar-refractivity contribution in [2.75, 3.05) is 21.7 Å². The molecule has 1 aliphatic rings. The van der Waals surface area contributed by atoms with Crippen molar-refractivity contribution in [2.45, 2.75) is 11.0 Å². The van der Waals surface area contributed by atoms with Gasteiger partial charge in [0, 0.05) is 10.6 Å². The van der Waals surface area contributed by atoms with Gasteiger partial charge in [0.25, 0.3) is 0 Å². The van der Waals surface area contributed by atoms with Crippen LogP contribution in [0.25, 0.3) is 0 Å². The SMILES string of the molecule is COc1ccc(N2N(c3ccccc3)S2(CC(O)c2ccccc2)c2ccccc2)cc1. The molecular weight excluding hydrogens is 416 g/mol. The van der Waals surface area contributed by atoms with Crippen LogP contribution in [0.15, 0.2) is 120 Å². The minimum absolute atomic E-state index is 0.583. The monoisotopic (exact) mass is 442 g/mol. The van der Waals surface area contributed by atoms with Gasteiger partial charge in [0.15, 0.2) is 0 Å². The fourth-order valence-corrected chi connectivity index (χ4v) is 7.95. The van der Waals surface area contributed by atoms with E-state index in [1.165, 1.54) is 4.90 Å². The highest BCUT2D eigenvalue weighted by Gasteiger charge is 2.59. The number of hydrazine groups is 1. The van der Waals surface area contributed by atoms with Crippen molar-refractivity contribution in [2.24, 2.45) is 0 Å². The molecular formula is C27H26N2O2S. The van der Waals surface area contributed by atoms with Crippen LogP contribution in [-0.4, -0.2) is 18.0 Å². The van der Waals surface area contributed by atoms with Gasteiger partial charge in [-0.05, 0) is 64.5 Å². The highest BCUT2D eigenvalue weighted by molar-refractivity contribution is 8.42. The van der Waals surface area contributed by atoms with E-state index in [0.717, 1.165) is 22.7 Å². The Morgan fingerprint density at radius 2 is 1.19 bits per heavy atom. The third-order valence-electron chi connectivity index (χ3n) is 5.68. The largest absolute Gasteiger partial charge is 0.497 e. The molecule has 2 atom stereocenters. The minimum Gasteiger partial charge on any atom is -0.497 e. The first-order chi connectivity index (χ1) is 15.7. The lowest BCUT2D eigenvalue weighted by atomic mass is 10.1. The summed E-state index contributed by atoms with van der Waals surface area (Å²) in [7, 11) is -0.0101. The first-order valence-electron chi connectivity index (χ1n) is 10.6. The van der Waals surface area contributed by atoms with Gasteiger partial charge < -0.3 is 9.84 Å². The van der Waals surface area contributed by atoms with Gasteiger partial charge in [-0.25, -0.2) is 8.83 Å². The molecule has 1 fully saturated rings. The zero-order valence-corrected chi connectivity index (χ0v) is 18.7. The van der Waals surface area contributed by atoms with Gasteiger partial charge in [-0.2, -0.15) is 0 Å². The molecule has 0 saturated carbocycles. The van der Waals surface area contributed by atoms with E-state index in [1.807, 2.05) is 54.6 Å². The summed E-state index contributed by atoms with van der Waals surface area (Å²) in [6, 6.07) is 39.0. The second-order valence-corrected chi connectivity index (χ2v) is 10.5. The summed E-state index contributed by atoms with van der Waals surface area (Å²) in [5, 5.41) is 11.3. The number of methoxy groups -OCH3 is 1. The van der Waals surface area contributed by atoms with Crippen LogP contribution in [-0.2, 0) is 0 Å². The molecule has 162 valence electrons. The quantitative estimate of drug-likeness (QED) is 0.338. The van der Waals surface area contributed by atoms with Crippen LogP contribution in [0, 0.1) is 0 Å². The van der Waals surface area contributed by atoms with Gasteiger partial charge in [0.2, 0.25) is 0 Å². The lowest BCUT2D eigenvalue weighted by Crippen LogP contribution is -2.09. The van der Waals surface area contributed by atoms with E-state index in [0.29, 0.717) is 5.75 Å². The lowest BCUT2D eigenvalue weighted by Gasteiger charge is -2.24. The standard InChI is InChI=1S/C27H26N2O2S/c1-31-25-19-17-24(18-20-25)29-28(23-13-7-3-8-14-23)32(29,26-15-9-4-10-16-26)21-27(30)22-11-5-2-6-12-22/h2-20,27,30H,21H2,1H3. The summed E-state index contributed by atoms with van der Waals surface area (Å²) in [5.74, 6) is 1.42. The van der Waals surface area contributed by atoms with E-state index in [2.05, 4.69) is 69.5 Å². The Labute approximate surface area is 190 Å². The molecule has 2 unspecified atom stereocenters. The van der Waals surface area contributed by atoms with Crippen molar-refractivity contribution >= 4 is 21.8 Å². The van der Waals surface area contributed by atoms with Crippen LogP contribution in [0.3, 0.4) is 0 Å². The van der Waals surface area contributed by atoms with E-state index >= 15 is 0 Å². The van der Waals surface area contributed by atoms with Crippen LogP contribution in [0.5, 0.6) is 5.75 Å². The Bertz CT molecular complexity index is 1160. The fourth-order valence-electron chi connectivity index (χ4n) is 4.09. The number of aliphatic hydroxyl groups excluding tert-OH is 1. The molecule has 0 amide bonds. The van der Waals surface area contributed by atoms with Crippen LogP contribution in [0.4, 0.5) is 11.4 Å². The Hall–Kier alpha value is -3.41. The number of benzene rings is 4. The molecule has 32 heavy (non-hydrogen) atoms. The molecule has 1 aliphatic heterocycles. The van der Waals surface area contributed by atoms with Gasteiger partial charge >= 0.3 is 0 Å². The van der Waals surface area contributed by atoms with Gasteiger partial charge in [0.1, 0.15) is 5.75 Å². The molecule has 0 aromatic heterocycles. The molecule has 1 N–H and O–H groups in total. The van der Waals surface area contributed by atoms with Crippen molar-refractivity contribution in [1.29, 1.82) is 0 Å². The third kappa shape index (κ3) is 3.60. The normalized spacial score (nSPS) is 20.3. The molecule has 0 bridgehead atoms. The highest BCUT2D eigenvalue weighted by Crippen LogP contribution is 2.78. The number of rotatable bonds is 7. The van der Waals surface area contributed by atoms with Crippen molar-refractivity contribution in [3.8, 4) is 5.75 Å². The van der Waals surface area contributed by atoms with E-state index in [-0.39, 0.29) is 0 Å². The summed E-state index contributed by atoms with van der Waals surface area (Å²) >= 11 is 0. The minimum atomic E-state index is -1.69. The predicted molar refractivity (Wildman–Crippen MR) is 133 cm³/mol. The lowest BCUT2D eigenvalue weighted by molar-refractivity contribution is 0.203. The van der Waals surface area contributed by atoms with Gasteiger partial charge in [0.05, 0.1) is 24.6 Å². The molecule has 4 aromatic carbocycles. The molecule has 1 saturated heterocycles. The van der Waals surface area contributed by atoms with Crippen LogP contribution >= 0.6 is 10.4 Å². The zero-order valence-electron chi connectivity index (χ0n) is 17.9. The van der Waals surface area contributed by atoms with Crippen molar-refractivity contribution in [3.05, 3.63) is 121 Å². The second-order valence-electron chi connectivity index (χ2n) is 7.65. The topological polar surface area (TPSA) is 35.5 Å². The molecule has 0 radical (unpaired) electrons. The van der Waals surface area contributed by atoms with E-state index in [1.54, 1.807) is 7.11 Å². The summed E-state index contributed by atoms with van der Waals surface area (Å²) in [6.45, 7) is 0. The summed E-state index contributed by atoms with van der Waals surface area (Å²) < 4.78 is 10.1. The Morgan fingerprint density at radius 3 is 1.75 bits per heavy atom. The average molecular weight is 443 g/mol. The average Bonchev–Trinajstić information content (AvgIpc) is 3.54. The van der Waals surface area contributed by atoms with Crippen molar-refractivity contribution in [3.63, 3.8) is 0 Å². The maximum absolute atomic E-state index is 11.3. The number of nitrogens with zero attached hydrogens (tertiary/aromatic N) is 2. The Kier molecular flexibility index (Phi) is 5.52. The van der Waals surface area contributed by atoms with Gasteiger partial charge in [-0.1, -0.05) is 66.7 Å². The highest BCUT2D eigenvalue weighted by atomic mass is 32.3. The summed E-state index contributed by atoms with van der Waals surface area (Å²) in [4.78, 5) is 1.22. The van der Waals surface area contributed by atoms with E-state index < -0.39 is 16.5 Å². The maximum Gasteiger partial charge on any atom is 0.119 e. The van der Waals surface area contributed by atoms with E-state index in [9.17, 15) is 5.11 Å². The number of anilines is 2. The predicted octanol–water partition coefficient (Wildman–Crippen LogP) is 6.36. The first-order valence-corrected chi connectivity index (χ1v) is 12.3. The Balaban J connectivity index is 1.63. The third-order valence-corrected chi connectivity index (χ3v) is 9.23. The second kappa shape index (κ2) is 8.61. The molecule has 1 heterocycles. The summed E-state index contributed by atoms with van der Waals surface area (Å²) in [5.41, 5.74) is 3.13. The van der Waals surface area contributed by atoms with Crippen LogP contribution in [0.1, 0.15) is 11.7 Å². The van der Waals surface area contributed by atoms with Crippen LogP contribution in [0.2, 0.25) is 0 Å². The maximum atomic E-state index is 11.3. The van der Waals surface area contributed by atoms with Crippen molar-refractivity contribution in [1.82, 2.24) is 0 Å². The first kappa shape index (κ1) is 20.5. The number of aliphatic hydroxyl groups is 1. The van der Waals surface area contributed by atoms with E-state index in [4.69, 9.17) is 4.74 Å². The molecule has 4 nitrogen and oxygen atoms in total. The number of ether oxygens (including phenoxy) is 1. The fraction of sp³-hybridized carbons (Fsp3) is 0.111. The molecule has 0 aliphatic carbocycles. The number of hydrogen-bond acceptors (Lipinski definition) is 4. The molecule has 5 heteroatoms. The molecule has 5 rings (SSSR count). The molecule has 4 aromatic rings. The van der Waals surface area contributed by atoms with Gasteiger partial charge in [-0.3, -0.25) is 0 Å². The van der Waals surface area contributed by atoms with Crippen LogP contribution < -0.4 is 13.6 Å². The number of para-hydroxylation sites is 1. The van der Waals surface area contributed by atoms with Gasteiger partial charge in [-0.15, -0.1) is 0 Å². The van der Waals surface area contributed by atoms with Crippen molar-refractivity contribution < 1.29 is 9.84 Å². The zero-order chi connectivity index (χ0) is 22.0.